The Bertz CT molecular complexity index is 1020. The summed E-state index contributed by atoms with van der Waals surface area (Å²) in [6.45, 7) is 3.10. The van der Waals surface area contributed by atoms with Gasteiger partial charge >= 0.3 is 0 Å². The molecule has 0 radical (unpaired) electrons. The van der Waals surface area contributed by atoms with Gasteiger partial charge in [-0.25, -0.2) is 0 Å². The highest BCUT2D eigenvalue weighted by atomic mass is 32.2. The fourth-order valence-electron chi connectivity index (χ4n) is 5.89. The van der Waals surface area contributed by atoms with Gasteiger partial charge in [0.05, 0.1) is 36.2 Å². The average molecular weight is 501 g/mol. The largest absolute Gasteiger partial charge is 0.330 e. The number of carbonyl (C=O) groups is 2. The summed E-state index contributed by atoms with van der Waals surface area (Å²) < 4.78 is 5.07. The van der Waals surface area contributed by atoms with Crippen molar-refractivity contribution in [3.63, 3.8) is 0 Å². The number of hydrogen-bond donors (Lipinski definition) is 1. The minimum absolute atomic E-state index is 0.0549. The molecule has 11 heteroatoms. The fraction of sp³-hybridized carbons (Fsp3) is 0.625. The Morgan fingerprint density at radius 2 is 2.03 bits per heavy atom. The highest BCUT2D eigenvalue weighted by molar-refractivity contribution is 7.94. The van der Waals surface area contributed by atoms with Crippen molar-refractivity contribution in [1.29, 1.82) is 5.26 Å². The minimum atomic E-state index is -0.716. The molecule has 3 aliphatic heterocycles. The minimum Gasteiger partial charge on any atom is -0.330 e. The standard InChI is InChI=1S/C24H32N6O4S/c1-14(15-4-6-19(7-5-15)35-34-33-27(2)3)29-18-10-22(24(29)32)28(12-18)13-20(26)23(31)30-17(11-25)8-16-9-21(16)30/h4-7,14,16-18,20-22H,8-10,12-13,26H2,1-3H3/t14-,16-,17+,18?,20+,21+,22+/m1/s1. The van der Waals surface area contributed by atoms with Crippen LogP contribution in [0.3, 0.4) is 0 Å². The van der Waals surface area contributed by atoms with Gasteiger partial charge in [-0.2, -0.15) is 10.3 Å². The van der Waals surface area contributed by atoms with Crippen LogP contribution in [0.1, 0.15) is 37.8 Å². The maximum absolute atomic E-state index is 13.3. The number of hydroxylamine groups is 2. The number of piperazine rings is 1. The van der Waals surface area contributed by atoms with Crippen LogP contribution in [-0.4, -0.2) is 89.0 Å². The number of benzene rings is 1. The predicted octanol–water partition coefficient (Wildman–Crippen LogP) is 1.30. The second-order valence-electron chi connectivity index (χ2n) is 10.2. The highest BCUT2D eigenvalue weighted by Gasteiger charge is 2.56. The maximum atomic E-state index is 13.3. The Labute approximate surface area is 210 Å². The van der Waals surface area contributed by atoms with Crippen molar-refractivity contribution >= 4 is 23.9 Å². The van der Waals surface area contributed by atoms with Crippen LogP contribution in [0.15, 0.2) is 29.2 Å². The van der Waals surface area contributed by atoms with E-state index >= 15 is 0 Å². The lowest BCUT2D eigenvalue weighted by Gasteiger charge is -2.38. The van der Waals surface area contributed by atoms with Gasteiger partial charge in [0.15, 0.2) is 0 Å². The molecule has 1 aromatic rings. The molecule has 10 nitrogen and oxygen atoms in total. The van der Waals surface area contributed by atoms with E-state index in [9.17, 15) is 14.9 Å². The molecular weight excluding hydrogens is 468 g/mol. The Hall–Kier alpha value is -2.20. The lowest BCUT2D eigenvalue weighted by molar-refractivity contribution is -0.340. The number of carbonyl (C=O) groups excluding carboxylic acids is 2. The molecule has 5 rings (SSSR count). The summed E-state index contributed by atoms with van der Waals surface area (Å²) in [5, 5.41) is 10.9. The molecular formula is C24H32N6O4S. The number of nitriles is 1. The topological polar surface area (TPSA) is 115 Å². The number of likely N-dealkylation sites (tertiary alicyclic amines) is 3. The molecule has 1 aromatic carbocycles. The zero-order valence-corrected chi connectivity index (χ0v) is 21.1. The van der Waals surface area contributed by atoms with Crippen molar-refractivity contribution < 1.29 is 18.9 Å². The SMILES string of the molecule is C[C@H](c1ccc(SOON(C)C)cc1)N1C(=O)[C@@H]2CC1CN2C[C@H](N)C(=O)N1[C@H](C#N)C[C@@H]2C[C@@H]21. The third-order valence-corrected chi connectivity index (χ3v) is 8.25. The zero-order chi connectivity index (χ0) is 24.9. The molecule has 1 saturated carbocycles. The van der Waals surface area contributed by atoms with Crippen molar-refractivity contribution in [3.05, 3.63) is 29.8 Å². The van der Waals surface area contributed by atoms with E-state index in [2.05, 4.69) is 11.0 Å². The third kappa shape index (κ3) is 4.67. The number of nitrogens with zero attached hydrogens (tertiary/aromatic N) is 5. The summed E-state index contributed by atoms with van der Waals surface area (Å²) in [6, 6.07) is 9.06. The van der Waals surface area contributed by atoms with Crippen molar-refractivity contribution in [2.45, 2.75) is 67.3 Å². The molecule has 4 fully saturated rings. The van der Waals surface area contributed by atoms with Crippen LogP contribution in [0.2, 0.25) is 0 Å². The smallest absolute Gasteiger partial charge is 0.242 e. The highest BCUT2D eigenvalue weighted by Crippen LogP contribution is 2.48. The third-order valence-electron chi connectivity index (χ3n) is 7.66. The molecule has 2 amide bonds. The van der Waals surface area contributed by atoms with Gasteiger partial charge < -0.3 is 15.5 Å². The average Bonchev–Trinajstić information content (AvgIpc) is 3.16. The lowest BCUT2D eigenvalue weighted by atomic mass is 10.1. The van der Waals surface area contributed by atoms with E-state index in [1.165, 1.54) is 5.06 Å². The van der Waals surface area contributed by atoms with Crippen LogP contribution in [0.25, 0.3) is 0 Å². The predicted molar refractivity (Wildman–Crippen MR) is 128 cm³/mol. The van der Waals surface area contributed by atoms with E-state index in [0.29, 0.717) is 19.0 Å². The molecule has 2 N–H and O–H groups in total. The van der Waals surface area contributed by atoms with Crippen molar-refractivity contribution in [2.75, 3.05) is 27.2 Å². The van der Waals surface area contributed by atoms with E-state index < -0.39 is 6.04 Å². The summed E-state index contributed by atoms with van der Waals surface area (Å²) in [6.07, 6.45) is 2.49. The second-order valence-corrected chi connectivity index (χ2v) is 11.0. The summed E-state index contributed by atoms with van der Waals surface area (Å²) in [5.74, 6) is 0.398. The second kappa shape index (κ2) is 9.69. The number of amides is 2. The summed E-state index contributed by atoms with van der Waals surface area (Å²) in [4.78, 5) is 37.9. The van der Waals surface area contributed by atoms with Gasteiger partial charge in [-0.3, -0.25) is 14.5 Å². The molecule has 0 spiro atoms. The molecule has 188 valence electrons. The molecule has 0 aromatic heterocycles. The van der Waals surface area contributed by atoms with E-state index in [4.69, 9.17) is 15.1 Å². The van der Waals surface area contributed by atoms with Crippen LogP contribution in [-0.2, 0) is 18.9 Å². The number of hydrogen-bond acceptors (Lipinski definition) is 9. The van der Waals surface area contributed by atoms with Gasteiger partial charge in [0.2, 0.25) is 11.8 Å². The van der Waals surface area contributed by atoms with Gasteiger partial charge in [-0.05, 0) is 49.8 Å². The van der Waals surface area contributed by atoms with Crippen LogP contribution < -0.4 is 5.73 Å². The number of nitrogens with two attached hydrogens (primary N) is 1. The summed E-state index contributed by atoms with van der Waals surface area (Å²) in [7, 11) is 3.47. The molecule has 3 saturated heterocycles. The number of fused-ring (bicyclic) bond motifs is 3. The van der Waals surface area contributed by atoms with Crippen LogP contribution in [0.5, 0.6) is 0 Å². The fourth-order valence-corrected chi connectivity index (χ4v) is 6.37. The molecule has 2 bridgehead atoms. The molecule has 35 heavy (non-hydrogen) atoms. The normalized spacial score (nSPS) is 31.1. The summed E-state index contributed by atoms with van der Waals surface area (Å²) >= 11 is 1.12. The summed E-state index contributed by atoms with van der Waals surface area (Å²) in [5.41, 5.74) is 7.37. The Morgan fingerprint density at radius 3 is 2.69 bits per heavy atom. The van der Waals surface area contributed by atoms with Crippen molar-refractivity contribution in [2.24, 2.45) is 11.7 Å². The van der Waals surface area contributed by atoms with Crippen LogP contribution in [0, 0.1) is 17.2 Å². The van der Waals surface area contributed by atoms with Crippen molar-refractivity contribution in [3.8, 4) is 6.07 Å². The zero-order valence-electron chi connectivity index (χ0n) is 20.2. The van der Waals surface area contributed by atoms with E-state index in [1.54, 1.807) is 19.0 Å². The van der Waals surface area contributed by atoms with Gasteiger partial charge in [0.25, 0.3) is 0 Å². The lowest BCUT2D eigenvalue weighted by Crippen LogP contribution is -2.57. The van der Waals surface area contributed by atoms with E-state index in [-0.39, 0.29) is 42.0 Å². The molecule has 1 unspecified atom stereocenters. The Kier molecular flexibility index (Phi) is 6.78. The van der Waals surface area contributed by atoms with Gasteiger partial charge in [-0.15, -0.1) is 9.32 Å². The molecule has 4 aliphatic rings. The van der Waals surface area contributed by atoms with Gasteiger partial charge in [0, 0.05) is 44.2 Å². The first kappa shape index (κ1) is 24.5. The van der Waals surface area contributed by atoms with E-state index in [1.807, 2.05) is 36.1 Å². The molecule has 3 heterocycles. The molecule has 7 atom stereocenters. The van der Waals surface area contributed by atoms with Gasteiger partial charge in [-0.1, -0.05) is 12.1 Å². The first-order valence-corrected chi connectivity index (χ1v) is 12.8. The Morgan fingerprint density at radius 1 is 1.29 bits per heavy atom. The first-order chi connectivity index (χ1) is 16.8. The monoisotopic (exact) mass is 500 g/mol. The first-order valence-electron chi connectivity index (χ1n) is 12.1. The van der Waals surface area contributed by atoms with E-state index in [0.717, 1.165) is 41.8 Å². The van der Waals surface area contributed by atoms with Crippen LogP contribution in [0.4, 0.5) is 0 Å². The molecule has 1 aliphatic carbocycles. The van der Waals surface area contributed by atoms with Gasteiger partial charge in [0.1, 0.15) is 6.04 Å². The number of piperidine rings is 1. The van der Waals surface area contributed by atoms with Crippen molar-refractivity contribution in [1.82, 2.24) is 19.8 Å². The van der Waals surface area contributed by atoms with Crippen LogP contribution >= 0.6 is 12.0 Å². The Balaban J connectivity index is 1.16. The maximum Gasteiger partial charge on any atom is 0.242 e. The quantitative estimate of drug-likeness (QED) is 0.304. The number of rotatable bonds is 9.